The van der Waals surface area contributed by atoms with Crippen LogP contribution < -0.4 is 5.19 Å². The summed E-state index contributed by atoms with van der Waals surface area (Å²) in [4.78, 5) is 10.7. The molecule has 0 N–H and O–H groups in total. The maximum absolute atomic E-state index is 10.7. The van der Waals surface area contributed by atoms with Crippen LogP contribution in [0.5, 0.6) is 0 Å². The summed E-state index contributed by atoms with van der Waals surface area (Å²) in [6.45, 7) is 7.01. The van der Waals surface area contributed by atoms with Crippen LogP contribution in [-0.2, 0) is 0 Å². The molecule has 0 bridgehead atoms. The van der Waals surface area contributed by atoms with Crippen molar-refractivity contribution in [1.82, 2.24) is 0 Å². The van der Waals surface area contributed by atoms with Crippen LogP contribution in [0.2, 0.25) is 19.6 Å². The SMILES string of the molecule is C[Si](C)(C)c1csc2ccc(C=O)cc12. The van der Waals surface area contributed by atoms with Crippen molar-refractivity contribution in [2.24, 2.45) is 0 Å². The summed E-state index contributed by atoms with van der Waals surface area (Å²) >= 11 is 1.78. The molecule has 0 spiro atoms. The Balaban J connectivity index is 2.72. The fraction of sp³-hybridized carbons (Fsp3) is 0.250. The molecule has 0 radical (unpaired) electrons. The van der Waals surface area contributed by atoms with E-state index in [1.165, 1.54) is 15.3 Å². The largest absolute Gasteiger partial charge is 0.298 e. The van der Waals surface area contributed by atoms with Crippen molar-refractivity contribution in [3.63, 3.8) is 0 Å². The minimum absolute atomic E-state index is 0.778. The maximum atomic E-state index is 10.7. The first-order valence-corrected chi connectivity index (χ1v) is 9.37. The standard InChI is InChI=1S/C12H14OSSi/c1-15(2,3)12-8-14-11-5-4-9(7-13)6-10(11)12/h4-8H,1-3H3. The fourth-order valence-corrected chi connectivity index (χ4v) is 5.21. The number of carbonyl (C=O) groups excluding carboxylic acids is 1. The van der Waals surface area contributed by atoms with Crippen LogP contribution in [0.15, 0.2) is 23.6 Å². The smallest absolute Gasteiger partial charge is 0.150 e. The Morgan fingerprint density at radius 2 is 2.00 bits per heavy atom. The number of hydrogen-bond donors (Lipinski definition) is 0. The zero-order chi connectivity index (χ0) is 11.1. The molecule has 1 heterocycles. The van der Waals surface area contributed by atoms with Gasteiger partial charge in [-0.15, -0.1) is 11.3 Å². The van der Waals surface area contributed by atoms with Crippen molar-refractivity contribution in [1.29, 1.82) is 0 Å². The number of fused-ring (bicyclic) bond motifs is 1. The molecule has 0 atom stereocenters. The predicted molar refractivity (Wildman–Crippen MR) is 70.2 cm³/mol. The Hall–Kier alpha value is -0.933. The lowest BCUT2D eigenvalue weighted by molar-refractivity contribution is 0.112. The molecular formula is C12H14OSSi. The van der Waals surface area contributed by atoms with E-state index in [1.807, 2.05) is 18.2 Å². The van der Waals surface area contributed by atoms with Gasteiger partial charge in [-0.1, -0.05) is 25.7 Å². The molecule has 2 aromatic rings. The van der Waals surface area contributed by atoms with E-state index in [9.17, 15) is 4.79 Å². The average Bonchev–Trinajstić information content (AvgIpc) is 2.59. The molecule has 0 aliphatic heterocycles. The highest BCUT2D eigenvalue weighted by Gasteiger charge is 2.20. The highest BCUT2D eigenvalue weighted by Crippen LogP contribution is 2.22. The summed E-state index contributed by atoms with van der Waals surface area (Å²) in [7, 11) is -1.29. The lowest BCUT2D eigenvalue weighted by Gasteiger charge is -2.14. The molecular weight excluding hydrogens is 220 g/mol. The quantitative estimate of drug-likeness (QED) is 0.576. The molecule has 1 nitrogen and oxygen atoms in total. The summed E-state index contributed by atoms with van der Waals surface area (Å²) in [5.74, 6) is 0. The fourth-order valence-electron chi connectivity index (χ4n) is 1.70. The third-order valence-corrected chi connectivity index (χ3v) is 5.74. The Morgan fingerprint density at radius 3 is 2.60 bits per heavy atom. The van der Waals surface area contributed by atoms with Crippen molar-refractivity contribution >= 4 is 41.0 Å². The topological polar surface area (TPSA) is 17.1 Å². The van der Waals surface area contributed by atoms with Crippen LogP contribution in [-0.4, -0.2) is 14.4 Å². The number of aldehydes is 1. The molecule has 0 fully saturated rings. The molecule has 0 aliphatic carbocycles. The van der Waals surface area contributed by atoms with Crippen molar-refractivity contribution in [2.45, 2.75) is 19.6 Å². The number of rotatable bonds is 2. The molecule has 0 saturated carbocycles. The molecule has 3 heteroatoms. The first-order valence-electron chi connectivity index (χ1n) is 4.99. The lowest BCUT2D eigenvalue weighted by atomic mass is 10.2. The van der Waals surface area contributed by atoms with Gasteiger partial charge in [-0.3, -0.25) is 4.79 Å². The summed E-state index contributed by atoms with van der Waals surface area (Å²) in [6.07, 6.45) is 0.922. The molecule has 0 aliphatic rings. The second-order valence-electron chi connectivity index (χ2n) is 4.77. The van der Waals surface area contributed by atoms with E-state index in [4.69, 9.17) is 0 Å². The Morgan fingerprint density at radius 1 is 1.27 bits per heavy atom. The van der Waals surface area contributed by atoms with Gasteiger partial charge in [-0.25, -0.2) is 0 Å². The lowest BCUT2D eigenvalue weighted by Crippen LogP contribution is -2.36. The molecule has 0 amide bonds. The van der Waals surface area contributed by atoms with Gasteiger partial charge in [-0.2, -0.15) is 0 Å². The predicted octanol–water partition coefficient (Wildman–Crippen LogP) is 3.26. The van der Waals surface area contributed by atoms with Crippen molar-refractivity contribution in [3.05, 3.63) is 29.1 Å². The van der Waals surface area contributed by atoms with Gasteiger partial charge < -0.3 is 0 Å². The number of hydrogen-bond acceptors (Lipinski definition) is 2. The van der Waals surface area contributed by atoms with Crippen LogP contribution in [0.4, 0.5) is 0 Å². The Labute approximate surface area is 94.8 Å². The van der Waals surface area contributed by atoms with Gasteiger partial charge in [0.2, 0.25) is 0 Å². The molecule has 1 aromatic heterocycles. The summed E-state index contributed by atoms with van der Waals surface area (Å²) in [5.41, 5.74) is 0.778. The highest BCUT2D eigenvalue weighted by molar-refractivity contribution is 7.19. The molecule has 15 heavy (non-hydrogen) atoms. The van der Waals surface area contributed by atoms with E-state index in [-0.39, 0.29) is 0 Å². The van der Waals surface area contributed by atoms with E-state index in [0.29, 0.717) is 0 Å². The third kappa shape index (κ3) is 1.89. The minimum atomic E-state index is -1.29. The van der Waals surface area contributed by atoms with Gasteiger partial charge in [0, 0.05) is 10.3 Å². The van der Waals surface area contributed by atoms with Gasteiger partial charge >= 0.3 is 0 Å². The molecule has 78 valence electrons. The second-order valence-corrected chi connectivity index (χ2v) is 10.7. The number of thiophene rings is 1. The van der Waals surface area contributed by atoms with E-state index in [0.717, 1.165) is 11.8 Å². The first kappa shape index (κ1) is 10.6. The number of carbonyl (C=O) groups is 1. The van der Waals surface area contributed by atoms with E-state index in [1.54, 1.807) is 11.3 Å². The molecule has 0 unspecified atom stereocenters. The Kier molecular flexibility index (Phi) is 2.52. The highest BCUT2D eigenvalue weighted by atomic mass is 32.1. The van der Waals surface area contributed by atoms with Crippen LogP contribution in [0.3, 0.4) is 0 Å². The van der Waals surface area contributed by atoms with E-state index in [2.05, 4.69) is 25.0 Å². The monoisotopic (exact) mass is 234 g/mol. The zero-order valence-electron chi connectivity index (χ0n) is 9.20. The Bertz CT molecular complexity index is 508. The third-order valence-electron chi connectivity index (χ3n) is 2.54. The maximum Gasteiger partial charge on any atom is 0.150 e. The molecule has 1 aromatic carbocycles. The summed E-state index contributed by atoms with van der Waals surface area (Å²) in [5, 5.41) is 5.00. The normalized spacial score (nSPS) is 11.9. The van der Waals surface area contributed by atoms with Crippen molar-refractivity contribution < 1.29 is 4.79 Å². The first-order chi connectivity index (χ1) is 7.02. The van der Waals surface area contributed by atoms with Gasteiger partial charge in [0.05, 0.1) is 8.07 Å². The van der Waals surface area contributed by atoms with Crippen LogP contribution in [0.1, 0.15) is 10.4 Å². The van der Waals surface area contributed by atoms with Crippen LogP contribution in [0, 0.1) is 0 Å². The van der Waals surface area contributed by atoms with E-state index >= 15 is 0 Å². The van der Waals surface area contributed by atoms with Crippen molar-refractivity contribution in [2.75, 3.05) is 0 Å². The molecule has 0 saturated heterocycles. The molecule has 2 rings (SSSR count). The van der Waals surface area contributed by atoms with Crippen LogP contribution >= 0.6 is 11.3 Å². The van der Waals surface area contributed by atoms with Crippen LogP contribution in [0.25, 0.3) is 10.1 Å². The van der Waals surface area contributed by atoms with Gasteiger partial charge in [-0.05, 0) is 28.1 Å². The average molecular weight is 234 g/mol. The second kappa shape index (κ2) is 3.58. The van der Waals surface area contributed by atoms with E-state index < -0.39 is 8.07 Å². The van der Waals surface area contributed by atoms with Crippen molar-refractivity contribution in [3.8, 4) is 0 Å². The summed E-state index contributed by atoms with van der Waals surface area (Å²) < 4.78 is 1.29. The minimum Gasteiger partial charge on any atom is -0.298 e. The van der Waals surface area contributed by atoms with Gasteiger partial charge in [0.25, 0.3) is 0 Å². The van der Waals surface area contributed by atoms with Gasteiger partial charge in [0.1, 0.15) is 6.29 Å². The summed E-state index contributed by atoms with van der Waals surface area (Å²) in [6, 6.07) is 5.96. The van der Waals surface area contributed by atoms with Gasteiger partial charge in [0.15, 0.2) is 0 Å². The zero-order valence-corrected chi connectivity index (χ0v) is 11.0. The number of benzene rings is 1.